The number of unbranched alkanes of at least 4 members (excludes halogenated alkanes) is 10. The Morgan fingerprint density at radius 1 is 0.875 bits per heavy atom. The molecule has 5 heteroatoms. The smallest absolute Gasteiger partial charge is 0.272 e. The summed E-state index contributed by atoms with van der Waals surface area (Å²) >= 11 is 0. The molecule has 0 bridgehead atoms. The molecule has 174 valence electrons. The predicted octanol–water partition coefficient (Wildman–Crippen LogP) is 6.50. The third-order valence-electron chi connectivity index (χ3n) is 5.84. The molecule has 5 nitrogen and oxygen atoms in total. The summed E-state index contributed by atoms with van der Waals surface area (Å²) in [6.45, 7) is 3.48. The average molecular weight is 440 g/mol. The number of rotatable bonds is 14. The molecule has 0 radical (unpaired) electrons. The lowest BCUT2D eigenvalue weighted by Gasteiger charge is -2.14. The standard InChI is InChI=1S/C27H37NO4/c1-3-4-5-6-7-8-9-10-11-12-16-19-24(30)25-26(31)23(28(21(2)29)27(25)32)20-22-17-14-13-15-18-22/h13-15,17-18,20,31H,3-12,16,19H2,1-2H3/b23-20-. The van der Waals surface area contributed by atoms with Crippen LogP contribution in [0.15, 0.2) is 47.4 Å². The number of imide groups is 1. The Morgan fingerprint density at radius 2 is 1.41 bits per heavy atom. The number of aliphatic hydroxyl groups excluding tert-OH is 1. The fourth-order valence-corrected chi connectivity index (χ4v) is 4.04. The first-order valence-electron chi connectivity index (χ1n) is 12.1. The highest BCUT2D eigenvalue weighted by molar-refractivity contribution is 6.26. The fourth-order valence-electron chi connectivity index (χ4n) is 4.04. The Balaban J connectivity index is 1.84. The Kier molecular flexibility index (Phi) is 10.9. The molecule has 0 fully saturated rings. The van der Waals surface area contributed by atoms with E-state index in [1.54, 1.807) is 18.2 Å². The van der Waals surface area contributed by atoms with Gasteiger partial charge in [0.05, 0.1) is 5.70 Å². The minimum atomic E-state index is -0.731. The second kappa shape index (κ2) is 13.7. The normalized spacial score (nSPS) is 15.1. The summed E-state index contributed by atoms with van der Waals surface area (Å²) in [4.78, 5) is 38.3. The zero-order valence-corrected chi connectivity index (χ0v) is 19.6. The number of benzene rings is 1. The number of aliphatic hydroxyl groups is 1. The van der Waals surface area contributed by atoms with Gasteiger partial charge in [-0.1, -0.05) is 101 Å². The van der Waals surface area contributed by atoms with Gasteiger partial charge in [0.2, 0.25) is 5.91 Å². The molecule has 0 aliphatic carbocycles. The average Bonchev–Trinajstić information content (AvgIpc) is 3.02. The first-order chi connectivity index (χ1) is 15.5. The third kappa shape index (κ3) is 7.47. The quantitative estimate of drug-likeness (QED) is 0.265. The van der Waals surface area contributed by atoms with Crippen molar-refractivity contribution in [2.45, 2.75) is 90.9 Å². The summed E-state index contributed by atoms with van der Waals surface area (Å²) in [5, 5.41) is 10.6. The molecule has 1 aliphatic heterocycles. The first kappa shape index (κ1) is 25.6. The van der Waals surface area contributed by atoms with Gasteiger partial charge in [0.15, 0.2) is 11.5 Å². The Bertz CT molecular complexity index is 838. The SMILES string of the molecule is CCCCCCCCCCCCCC(=O)C1=C(O)/C(=C/c2ccccc2)N(C(C)=O)C1=O. The fraction of sp³-hybridized carbons (Fsp3) is 0.519. The lowest BCUT2D eigenvalue weighted by Crippen LogP contribution is -2.31. The van der Waals surface area contributed by atoms with E-state index < -0.39 is 23.4 Å². The molecule has 0 saturated carbocycles. The van der Waals surface area contributed by atoms with E-state index >= 15 is 0 Å². The van der Waals surface area contributed by atoms with Gasteiger partial charge in [0, 0.05) is 13.3 Å². The van der Waals surface area contributed by atoms with Crippen molar-refractivity contribution in [2.75, 3.05) is 0 Å². The maximum absolute atomic E-state index is 12.7. The van der Waals surface area contributed by atoms with Crippen molar-refractivity contribution in [3.63, 3.8) is 0 Å². The van der Waals surface area contributed by atoms with Crippen molar-refractivity contribution < 1.29 is 19.5 Å². The van der Waals surface area contributed by atoms with Crippen LogP contribution in [0.4, 0.5) is 0 Å². The molecular formula is C27H37NO4. The Labute approximate surface area is 192 Å². The van der Waals surface area contributed by atoms with Crippen molar-refractivity contribution in [3.8, 4) is 0 Å². The van der Waals surface area contributed by atoms with E-state index in [4.69, 9.17) is 0 Å². The van der Waals surface area contributed by atoms with Crippen LogP contribution in [0.5, 0.6) is 0 Å². The zero-order valence-electron chi connectivity index (χ0n) is 19.6. The van der Waals surface area contributed by atoms with Crippen LogP contribution in [0.2, 0.25) is 0 Å². The lowest BCUT2D eigenvalue weighted by molar-refractivity contribution is -0.138. The van der Waals surface area contributed by atoms with E-state index in [0.29, 0.717) is 6.42 Å². The topological polar surface area (TPSA) is 74.7 Å². The van der Waals surface area contributed by atoms with Gasteiger partial charge in [-0.3, -0.25) is 14.4 Å². The van der Waals surface area contributed by atoms with Gasteiger partial charge in [-0.05, 0) is 18.1 Å². The van der Waals surface area contributed by atoms with Gasteiger partial charge in [-0.15, -0.1) is 0 Å². The van der Waals surface area contributed by atoms with Crippen molar-refractivity contribution in [1.82, 2.24) is 4.90 Å². The monoisotopic (exact) mass is 439 g/mol. The number of nitrogens with zero attached hydrogens (tertiary/aromatic N) is 1. The Hall–Kier alpha value is -2.69. The lowest BCUT2D eigenvalue weighted by atomic mass is 10.0. The van der Waals surface area contributed by atoms with E-state index in [1.807, 2.05) is 18.2 Å². The highest BCUT2D eigenvalue weighted by Crippen LogP contribution is 2.31. The highest BCUT2D eigenvalue weighted by atomic mass is 16.3. The minimum Gasteiger partial charge on any atom is -0.505 e. The van der Waals surface area contributed by atoms with Crippen LogP contribution in [0.3, 0.4) is 0 Å². The molecule has 0 spiro atoms. The molecule has 0 atom stereocenters. The van der Waals surface area contributed by atoms with E-state index in [2.05, 4.69) is 6.92 Å². The number of ketones is 1. The molecule has 0 saturated heterocycles. The second-order valence-electron chi connectivity index (χ2n) is 8.53. The Morgan fingerprint density at radius 3 is 1.94 bits per heavy atom. The van der Waals surface area contributed by atoms with Gasteiger partial charge in [0.25, 0.3) is 5.91 Å². The summed E-state index contributed by atoms with van der Waals surface area (Å²) in [5.41, 5.74) is 0.526. The maximum Gasteiger partial charge on any atom is 0.272 e. The van der Waals surface area contributed by atoms with Crippen LogP contribution in [0.25, 0.3) is 6.08 Å². The molecule has 1 heterocycles. The number of amides is 2. The van der Waals surface area contributed by atoms with E-state index in [-0.39, 0.29) is 17.7 Å². The summed E-state index contributed by atoms with van der Waals surface area (Å²) in [7, 11) is 0. The van der Waals surface area contributed by atoms with Crippen LogP contribution in [-0.4, -0.2) is 27.6 Å². The molecule has 2 rings (SSSR count). The zero-order chi connectivity index (χ0) is 23.3. The van der Waals surface area contributed by atoms with E-state index in [9.17, 15) is 19.5 Å². The van der Waals surface area contributed by atoms with Crippen molar-refractivity contribution in [1.29, 1.82) is 0 Å². The van der Waals surface area contributed by atoms with Gasteiger partial charge in [-0.25, -0.2) is 4.90 Å². The van der Waals surface area contributed by atoms with E-state index in [1.165, 1.54) is 51.9 Å². The van der Waals surface area contributed by atoms with Crippen molar-refractivity contribution in [2.24, 2.45) is 0 Å². The third-order valence-corrected chi connectivity index (χ3v) is 5.84. The molecule has 1 aliphatic rings. The molecular weight excluding hydrogens is 402 g/mol. The highest BCUT2D eigenvalue weighted by Gasteiger charge is 2.40. The number of carbonyl (C=O) groups excluding carboxylic acids is 3. The number of hydrogen-bond donors (Lipinski definition) is 1. The minimum absolute atomic E-state index is 0.0657. The van der Waals surface area contributed by atoms with Gasteiger partial charge in [0.1, 0.15) is 5.57 Å². The molecule has 32 heavy (non-hydrogen) atoms. The predicted molar refractivity (Wildman–Crippen MR) is 128 cm³/mol. The summed E-state index contributed by atoms with van der Waals surface area (Å²) in [5.74, 6) is -2.06. The van der Waals surface area contributed by atoms with Gasteiger partial charge >= 0.3 is 0 Å². The van der Waals surface area contributed by atoms with Crippen LogP contribution in [-0.2, 0) is 14.4 Å². The molecule has 1 N–H and O–H groups in total. The summed E-state index contributed by atoms with van der Waals surface area (Å²) in [6, 6.07) is 9.09. The summed E-state index contributed by atoms with van der Waals surface area (Å²) < 4.78 is 0. The molecule has 0 aromatic heterocycles. The largest absolute Gasteiger partial charge is 0.505 e. The molecule has 1 aromatic rings. The van der Waals surface area contributed by atoms with Crippen molar-refractivity contribution >= 4 is 23.7 Å². The van der Waals surface area contributed by atoms with Crippen LogP contribution in [0.1, 0.15) is 96.5 Å². The molecule has 1 aromatic carbocycles. The van der Waals surface area contributed by atoms with Crippen LogP contribution >= 0.6 is 0 Å². The van der Waals surface area contributed by atoms with Gasteiger partial charge < -0.3 is 5.11 Å². The van der Waals surface area contributed by atoms with E-state index in [0.717, 1.165) is 29.7 Å². The number of Topliss-reactive ketones (excluding diaryl/α,β-unsaturated/α-hetero) is 1. The van der Waals surface area contributed by atoms with Crippen LogP contribution < -0.4 is 0 Å². The maximum atomic E-state index is 12.7. The first-order valence-corrected chi connectivity index (χ1v) is 12.1. The second-order valence-corrected chi connectivity index (χ2v) is 8.53. The van der Waals surface area contributed by atoms with Crippen LogP contribution in [0, 0.1) is 0 Å². The summed E-state index contributed by atoms with van der Waals surface area (Å²) in [6.07, 6.45) is 14.7. The number of hydrogen-bond acceptors (Lipinski definition) is 4. The van der Waals surface area contributed by atoms with Gasteiger partial charge in [-0.2, -0.15) is 0 Å². The molecule has 0 unspecified atom stereocenters. The number of carbonyl (C=O) groups is 3. The molecule has 2 amide bonds. The van der Waals surface area contributed by atoms with Crippen molar-refractivity contribution in [3.05, 3.63) is 52.9 Å².